The molecular weight excluding hydrogens is 662 g/mol. The number of carbonyl (C=O) groups is 1. The first-order valence-corrected chi connectivity index (χ1v) is 17.1. The van der Waals surface area contributed by atoms with Crippen LogP contribution >= 0.6 is 11.3 Å². The minimum Gasteiger partial charge on any atom is -0.367 e. The van der Waals surface area contributed by atoms with Gasteiger partial charge in [0.25, 0.3) is 5.91 Å². The van der Waals surface area contributed by atoms with Gasteiger partial charge in [0.15, 0.2) is 0 Å². The number of nitrogens with one attached hydrogen (secondary N) is 2. The Morgan fingerprint density at radius 3 is 2.52 bits per heavy atom. The summed E-state index contributed by atoms with van der Waals surface area (Å²) in [5, 5.41) is 26.9. The Labute approximate surface area is 291 Å². The molecule has 2 N–H and O–H groups in total. The van der Waals surface area contributed by atoms with Crippen LogP contribution in [0.1, 0.15) is 47.0 Å². The zero-order chi connectivity index (χ0) is 35.4. The van der Waals surface area contributed by atoms with E-state index in [9.17, 15) is 23.2 Å². The first-order valence-electron chi connectivity index (χ1n) is 16.3. The van der Waals surface area contributed by atoms with E-state index in [1.807, 2.05) is 41.0 Å². The van der Waals surface area contributed by atoms with Gasteiger partial charge in [0.2, 0.25) is 0 Å². The summed E-state index contributed by atoms with van der Waals surface area (Å²) in [5.41, 5.74) is 5.67. The van der Waals surface area contributed by atoms with Gasteiger partial charge in [0, 0.05) is 53.7 Å². The molecule has 50 heavy (non-hydrogen) atoms. The van der Waals surface area contributed by atoms with Crippen LogP contribution in [-0.2, 0) is 30.7 Å². The van der Waals surface area contributed by atoms with Gasteiger partial charge in [-0.05, 0) is 80.1 Å². The average molecular weight is 697 g/mol. The fourth-order valence-electron chi connectivity index (χ4n) is 6.44. The number of benzene rings is 2. The summed E-state index contributed by atoms with van der Waals surface area (Å²) in [5.74, 6) is 0.138. The van der Waals surface area contributed by atoms with Crippen LogP contribution in [0.15, 0.2) is 66.5 Å². The highest BCUT2D eigenvalue weighted by molar-refractivity contribution is 7.18. The Hall–Kier alpha value is -5.24. The lowest BCUT2D eigenvalue weighted by atomic mass is 10.0. The van der Waals surface area contributed by atoms with Gasteiger partial charge in [-0.1, -0.05) is 24.3 Å². The first-order chi connectivity index (χ1) is 24.0. The number of aryl methyl sites for hydroxylation is 3. The van der Waals surface area contributed by atoms with Crippen molar-refractivity contribution < 1.29 is 18.0 Å². The number of halogens is 3. The maximum absolute atomic E-state index is 13.0. The number of rotatable bonds is 10. The van der Waals surface area contributed by atoms with Crippen LogP contribution in [0.4, 0.5) is 24.7 Å². The van der Waals surface area contributed by atoms with Crippen molar-refractivity contribution in [1.29, 1.82) is 10.5 Å². The van der Waals surface area contributed by atoms with Crippen LogP contribution in [0.5, 0.6) is 0 Å². The second-order valence-electron chi connectivity index (χ2n) is 12.4. The van der Waals surface area contributed by atoms with E-state index in [0.717, 1.165) is 65.8 Å². The van der Waals surface area contributed by atoms with Gasteiger partial charge in [-0.25, -0.2) is 9.97 Å². The third kappa shape index (κ3) is 7.80. The van der Waals surface area contributed by atoms with Crippen LogP contribution in [0, 0.1) is 29.6 Å². The molecule has 9 nitrogen and oxygen atoms in total. The Bertz CT molecular complexity index is 2150. The van der Waals surface area contributed by atoms with E-state index >= 15 is 0 Å². The van der Waals surface area contributed by atoms with Gasteiger partial charge in [-0.2, -0.15) is 23.7 Å². The van der Waals surface area contributed by atoms with Crippen molar-refractivity contribution >= 4 is 49.9 Å². The monoisotopic (exact) mass is 696 g/mol. The summed E-state index contributed by atoms with van der Waals surface area (Å²) in [4.78, 5) is 23.9. The fourth-order valence-corrected chi connectivity index (χ4v) is 7.47. The largest absolute Gasteiger partial charge is 0.393 e. The normalized spacial score (nSPS) is 14.5. The summed E-state index contributed by atoms with van der Waals surface area (Å²) in [6.07, 6.45) is 0.0576. The van der Waals surface area contributed by atoms with Crippen LogP contribution < -0.4 is 10.6 Å². The molecule has 0 atom stereocenters. The lowest BCUT2D eigenvalue weighted by Gasteiger charge is -2.33. The second kappa shape index (κ2) is 14.7. The van der Waals surface area contributed by atoms with E-state index in [0.29, 0.717) is 40.4 Å². The number of likely N-dealkylation sites (tertiary alicyclic amines) is 1. The van der Waals surface area contributed by atoms with Gasteiger partial charge in [0.1, 0.15) is 40.4 Å². The van der Waals surface area contributed by atoms with Crippen molar-refractivity contribution in [3.63, 3.8) is 0 Å². The molecule has 1 fully saturated rings. The molecule has 13 heteroatoms. The lowest BCUT2D eigenvalue weighted by molar-refractivity contribution is -0.126. The van der Waals surface area contributed by atoms with Gasteiger partial charge in [-0.3, -0.25) is 9.69 Å². The van der Waals surface area contributed by atoms with E-state index in [-0.39, 0.29) is 16.5 Å². The minimum absolute atomic E-state index is 0.0564. The number of nitriles is 2. The van der Waals surface area contributed by atoms with Crippen molar-refractivity contribution in [2.75, 3.05) is 23.7 Å². The number of hydrogen-bond donors (Lipinski definition) is 2. The SMILES string of the molecule is C/C=C(\C#N)C(=O)Nc1ccc(CCn2c(C#N)cc3c(C)c(CN4CCC(Nc5ncnc6sc(CC(F)(F)F)cc56)CC4)ccc32)cc1. The Kier molecular flexibility index (Phi) is 10.2. The molecule has 0 spiro atoms. The standard InChI is InChI=1S/C37H35F3N8OS/c1-3-25(19-41)35(49)46-27-7-4-24(5-8-27)10-15-48-29(20-42)16-31-23(2)26(6-9-33(31)48)21-47-13-11-28(12-14-47)45-34-32-17-30(18-37(38,39)40)50-36(32)44-22-43-34/h3-9,16-17,22,28H,10-15,18,21H2,1-2H3,(H,46,49)(H,43,44,45)/b25-3+. The fraction of sp³-hybridized carbons (Fsp3) is 0.324. The molecule has 1 aliphatic heterocycles. The third-order valence-electron chi connectivity index (χ3n) is 9.15. The molecule has 0 aliphatic carbocycles. The molecular formula is C37H35F3N8OS. The van der Waals surface area contributed by atoms with Crippen molar-refractivity contribution in [1.82, 2.24) is 19.4 Å². The molecule has 1 aliphatic rings. The number of allylic oxidation sites excluding steroid dienone is 1. The van der Waals surface area contributed by atoms with Gasteiger partial charge < -0.3 is 15.2 Å². The quantitative estimate of drug-likeness (QED) is 0.114. The predicted octanol–water partition coefficient (Wildman–Crippen LogP) is 7.66. The molecule has 4 heterocycles. The number of nitrogens with zero attached hydrogens (tertiary/aromatic N) is 6. The van der Waals surface area contributed by atoms with Crippen LogP contribution in [0.3, 0.4) is 0 Å². The molecule has 5 aromatic rings. The second-order valence-corrected chi connectivity index (χ2v) is 13.5. The number of anilines is 2. The molecule has 256 valence electrons. The van der Waals surface area contributed by atoms with Gasteiger partial charge >= 0.3 is 6.18 Å². The molecule has 3 aromatic heterocycles. The van der Waals surface area contributed by atoms with E-state index < -0.39 is 18.5 Å². The van der Waals surface area contributed by atoms with Crippen molar-refractivity contribution in [2.24, 2.45) is 0 Å². The number of carbonyl (C=O) groups excluding carboxylic acids is 1. The summed E-state index contributed by atoms with van der Waals surface area (Å²) < 4.78 is 40.9. The maximum Gasteiger partial charge on any atom is 0.393 e. The summed E-state index contributed by atoms with van der Waals surface area (Å²) >= 11 is 1.05. The van der Waals surface area contributed by atoms with E-state index in [1.54, 1.807) is 13.0 Å². The zero-order valence-electron chi connectivity index (χ0n) is 27.6. The number of amides is 1. The molecule has 2 aromatic carbocycles. The Morgan fingerprint density at radius 2 is 1.84 bits per heavy atom. The van der Waals surface area contributed by atoms with Gasteiger partial charge in [0.05, 0.1) is 11.8 Å². The Morgan fingerprint density at radius 1 is 1.08 bits per heavy atom. The number of hydrogen-bond acceptors (Lipinski definition) is 8. The first kappa shape index (κ1) is 34.6. The van der Waals surface area contributed by atoms with Crippen LogP contribution in [0.2, 0.25) is 0 Å². The average Bonchev–Trinajstić information content (AvgIpc) is 3.67. The highest BCUT2D eigenvalue weighted by Gasteiger charge is 2.29. The van der Waals surface area contributed by atoms with Crippen molar-refractivity contribution in [3.8, 4) is 12.1 Å². The van der Waals surface area contributed by atoms with Crippen LogP contribution in [-0.4, -0.2) is 50.6 Å². The smallest absolute Gasteiger partial charge is 0.367 e. The lowest BCUT2D eigenvalue weighted by Crippen LogP contribution is -2.39. The number of aromatic nitrogens is 3. The topological polar surface area (TPSA) is 123 Å². The van der Waals surface area contributed by atoms with E-state index in [4.69, 9.17) is 5.26 Å². The molecule has 1 saturated heterocycles. The van der Waals surface area contributed by atoms with Crippen molar-refractivity contribution in [3.05, 3.63) is 93.8 Å². The Balaban J connectivity index is 1.07. The van der Waals surface area contributed by atoms with Gasteiger partial charge in [-0.15, -0.1) is 11.3 Å². The minimum atomic E-state index is -4.27. The molecule has 6 rings (SSSR count). The number of thiophene rings is 1. The molecule has 1 amide bonds. The number of piperidine rings is 1. The predicted molar refractivity (Wildman–Crippen MR) is 189 cm³/mol. The highest BCUT2D eigenvalue weighted by Crippen LogP contribution is 2.33. The van der Waals surface area contributed by atoms with E-state index in [2.05, 4.69) is 50.6 Å². The third-order valence-corrected chi connectivity index (χ3v) is 10.2. The molecule has 0 saturated carbocycles. The molecule has 0 bridgehead atoms. The summed E-state index contributed by atoms with van der Waals surface area (Å²) in [6, 6.07) is 19.6. The highest BCUT2D eigenvalue weighted by atomic mass is 32.1. The summed E-state index contributed by atoms with van der Waals surface area (Å²) in [6.45, 7) is 6.84. The molecule has 0 unspecified atom stereocenters. The zero-order valence-corrected chi connectivity index (χ0v) is 28.5. The molecule has 0 radical (unpaired) electrons. The summed E-state index contributed by atoms with van der Waals surface area (Å²) in [7, 11) is 0. The number of fused-ring (bicyclic) bond motifs is 2. The van der Waals surface area contributed by atoms with E-state index in [1.165, 1.54) is 18.0 Å². The van der Waals surface area contributed by atoms with Crippen molar-refractivity contribution in [2.45, 2.75) is 64.8 Å². The van der Waals surface area contributed by atoms with Crippen LogP contribution in [0.25, 0.3) is 21.1 Å². The number of alkyl halides is 3. The maximum atomic E-state index is 13.0.